The third-order valence-corrected chi connectivity index (χ3v) is 19.8. The summed E-state index contributed by atoms with van der Waals surface area (Å²) < 4.78 is 10.9. The molecule has 1 aromatic carbocycles. The topological polar surface area (TPSA) is 327 Å². The number of nitrogens with zero attached hydrogens (tertiary/aromatic N) is 9. The van der Waals surface area contributed by atoms with Gasteiger partial charge in [0.05, 0.1) is 48.8 Å². The van der Waals surface area contributed by atoms with Crippen LogP contribution in [0.3, 0.4) is 0 Å². The van der Waals surface area contributed by atoms with E-state index >= 15 is 0 Å². The molecular formula is C57H61N15O10S6. The summed E-state index contributed by atoms with van der Waals surface area (Å²) in [5, 5.41) is 37.8. The zero-order chi connectivity index (χ0) is 62.2. The van der Waals surface area contributed by atoms with E-state index < -0.39 is 66.4 Å². The van der Waals surface area contributed by atoms with Crippen LogP contribution in [0.2, 0.25) is 0 Å². The number of piperazine rings is 1. The average Bonchev–Trinajstić information content (AvgIpc) is 3.26. The maximum atomic E-state index is 14.3. The second-order valence-corrected chi connectivity index (χ2v) is 26.5. The summed E-state index contributed by atoms with van der Waals surface area (Å²) in [6.07, 6.45) is -1.61. The van der Waals surface area contributed by atoms with Crippen molar-refractivity contribution >= 4 is 115 Å². The van der Waals surface area contributed by atoms with E-state index in [0.29, 0.717) is 88.2 Å². The molecule has 7 amide bonds. The molecule has 460 valence electrons. The van der Waals surface area contributed by atoms with Crippen molar-refractivity contribution < 1.29 is 48.1 Å². The predicted molar refractivity (Wildman–Crippen MR) is 335 cm³/mol. The number of carbonyl (C=O) groups excluding carboxylic acids is 7. The molecule has 0 saturated carbocycles. The summed E-state index contributed by atoms with van der Waals surface area (Å²) in [5.41, 5.74) is 2.66. The second kappa shape index (κ2) is 28.5. The summed E-state index contributed by atoms with van der Waals surface area (Å²) in [7, 11) is 4.96. The van der Waals surface area contributed by atoms with E-state index in [2.05, 4.69) is 41.8 Å². The number of rotatable bonds is 13. The fourth-order valence-electron chi connectivity index (χ4n) is 9.38. The molecule has 8 aromatic rings. The van der Waals surface area contributed by atoms with Crippen molar-refractivity contribution in [3.8, 4) is 43.4 Å². The molecule has 0 unspecified atom stereocenters. The van der Waals surface area contributed by atoms with Gasteiger partial charge in [0.15, 0.2) is 0 Å². The lowest BCUT2D eigenvalue weighted by molar-refractivity contribution is -0.133. The quantitative estimate of drug-likeness (QED) is 0.0552. The summed E-state index contributed by atoms with van der Waals surface area (Å²) in [6, 6.07) is 9.48. The van der Waals surface area contributed by atoms with Gasteiger partial charge in [-0.2, -0.15) is 0 Å². The number of hydrogen-bond donors (Lipinski definition) is 7. The first-order valence-electron chi connectivity index (χ1n) is 27.8. The van der Waals surface area contributed by atoms with Crippen molar-refractivity contribution in [1.82, 2.24) is 71.3 Å². The number of nitrogens with one attached hydrogen (secondary N) is 6. The van der Waals surface area contributed by atoms with Gasteiger partial charge in [-0.05, 0) is 44.0 Å². The number of hydrogen-bond acceptors (Lipinski definition) is 24. The van der Waals surface area contributed by atoms with Crippen molar-refractivity contribution in [3.63, 3.8) is 0 Å². The molecular weight excluding hydrogens is 1250 g/mol. The molecule has 10 rings (SSSR count). The predicted octanol–water partition coefficient (Wildman–Crippen LogP) is 7.41. The minimum absolute atomic E-state index is 0.000467. The lowest BCUT2D eigenvalue weighted by Crippen LogP contribution is -2.47. The Morgan fingerprint density at radius 2 is 1.43 bits per heavy atom. The molecule has 1 fully saturated rings. The Morgan fingerprint density at radius 3 is 2.19 bits per heavy atom. The highest BCUT2D eigenvalue weighted by Crippen LogP contribution is 2.40. The minimum atomic E-state index is -1.28. The highest BCUT2D eigenvalue weighted by molar-refractivity contribution is 7.15. The Labute approximate surface area is 528 Å². The van der Waals surface area contributed by atoms with Crippen LogP contribution in [0.4, 0.5) is 10.6 Å². The first-order valence-corrected chi connectivity index (χ1v) is 32.9. The van der Waals surface area contributed by atoms with Crippen molar-refractivity contribution in [1.29, 1.82) is 0 Å². The number of amides is 7. The van der Waals surface area contributed by atoms with E-state index in [-0.39, 0.29) is 65.8 Å². The largest absolute Gasteiger partial charge is 0.449 e. The maximum Gasteiger partial charge on any atom is 0.412 e. The van der Waals surface area contributed by atoms with Gasteiger partial charge < -0.3 is 51.0 Å². The Bertz CT molecular complexity index is 3850. The number of methoxy groups -OCH3 is 1. The van der Waals surface area contributed by atoms with Gasteiger partial charge in [-0.25, -0.2) is 39.7 Å². The lowest BCUT2D eigenvalue weighted by Gasteiger charge is -2.32. The van der Waals surface area contributed by atoms with E-state index in [1.807, 2.05) is 25.8 Å². The lowest BCUT2D eigenvalue weighted by atomic mass is 10.0. The Kier molecular flexibility index (Phi) is 20.5. The van der Waals surface area contributed by atoms with E-state index in [9.17, 15) is 38.7 Å². The Morgan fingerprint density at radius 1 is 0.716 bits per heavy atom. The van der Waals surface area contributed by atoms with Crippen LogP contribution in [0.15, 0.2) is 64.0 Å². The summed E-state index contributed by atoms with van der Waals surface area (Å²) in [5.74, 6) is -2.90. The summed E-state index contributed by atoms with van der Waals surface area (Å²) in [4.78, 5) is 134. The van der Waals surface area contributed by atoms with Crippen LogP contribution in [-0.2, 0) is 30.5 Å². The Hall–Kier alpha value is -7.88. The summed E-state index contributed by atoms with van der Waals surface area (Å²) in [6.45, 7) is 7.95. The number of benzene rings is 1. The molecule has 10 bridgehead atoms. The van der Waals surface area contributed by atoms with Crippen LogP contribution in [-0.4, -0.2) is 152 Å². The van der Waals surface area contributed by atoms with Crippen LogP contribution in [0.5, 0.6) is 0 Å². The number of thiazole rings is 6. The highest BCUT2D eigenvalue weighted by Gasteiger charge is 2.33. The Balaban J connectivity index is 0.983. The normalized spacial score (nSPS) is 17.3. The van der Waals surface area contributed by atoms with Crippen LogP contribution < -0.4 is 31.9 Å². The number of aliphatic hydroxyl groups is 1. The molecule has 0 aliphatic carbocycles. The molecule has 0 radical (unpaired) electrons. The molecule has 7 aromatic heterocycles. The number of aliphatic hydroxyl groups excluding tert-OH is 1. The molecule has 25 nitrogen and oxygen atoms in total. The average molecular weight is 1310 g/mol. The number of aromatic nitrogens is 7. The highest BCUT2D eigenvalue weighted by atomic mass is 32.1. The van der Waals surface area contributed by atoms with Crippen molar-refractivity contribution in [3.05, 3.63) is 111 Å². The third-order valence-electron chi connectivity index (χ3n) is 14.1. The van der Waals surface area contributed by atoms with Crippen molar-refractivity contribution in [2.24, 2.45) is 5.92 Å². The SMILES string of the molecule is CNC(=O)C[C@@H]1NC(=O)c2csc(n2)-c2ccc(-c3nc(NC(=O)OCCCC(=O)N4CCN(C)CC4)cs3)nc2-c2csc(n2)-c2csc(n2)[C@H]([C@@H](O)c2ccccc2)NC(=O)CNC(=O)c2nc(sc2COC)[C@H](C(C)C)NC(=O)c2nc1sc2C. The van der Waals surface area contributed by atoms with Gasteiger partial charge in [0.25, 0.3) is 17.7 Å². The standard InChI is InChI=1S/C57H61N15O10S6/c1-28(2)42-56-70-45(37(88-56)23-81-6)49(78)59-22-40(74)67-46(47(76)30-11-8-7-9-12-30)55-64-36(26-85-55)53-62-34(24-84-53)44-31(51-63-35(25-83-51)48(77)61-33(21-39(73)58-4)54-69-43(29(3)87-54)50(79)68-42)14-15-32(60-44)52-65-38(27-86-52)66-57(80)82-20-10-13-41(75)72-18-16-71(5)17-19-72/h7-9,11-12,14-15,24-28,33,42,46-47,76H,10,13,16-23H2,1-6H3,(H,58,73)(H,59,78)(H,61,77)(H,66,80)(H,67,74)(H,68,79)/t33-,42-,46-,47-/m0/s1. The monoisotopic (exact) mass is 1310 g/mol. The van der Waals surface area contributed by atoms with Gasteiger partial charge in [0.2, 0.25) is 17.7 Å². The van der Waals surface area contributed by atoms with Gasteiger partial charge in [0, 0.05) is 78.7 Å². The van der Waals surface area contributed by atoms with Gasteiger partial charge in [-0.1, -0.05) is 44.2 Å². The van der Waals surface area contributed by atoms with Gasteiger partial charge in [-0.3, -0.25) is 34.1 Å². The first-order chi connectivity index (χ1) is 42.4. The number of pyridine rings is 1. The minimum Gasteiger partial charge on any atom is -0.449 e. The van der Waals surface area contributed by atoms with Gasteiger partial charge in [-0.15, -0.1) is 68.0 Å². The zero-order valence-corrected chi connectivity index (χ0v) is 53.3. The van der Waals surface area contributed by atoms with Crippen molar-refractivity contribution in [2.75, 3.05) is 65.9 Å². The number of carbonyl (C=O) groups is 7. The molecule has 88 heavy (non-hydrogen) atoms. The maximum absolute atomic E-state index is 14.3. The van der Waals surface area contributed by atoms with Gasteiger partial charge in [0.1, 0.15) is 82.2 Å². The molecule has 9 heterocycles. The molecule has 1 saturated heterocycles. The van der Waals surface area contributed by atoms with Crippen LogP contribution in [0, 0.1) is 12.8 Å². The molecule has 7 N–H and O–H groups in total. The van der Waals surface area contributed by atoms with E-state index in [1.165, 1.54) is 70.8 Å². The van der Waals surface area contributed by atoms with Crippen molar-refractivity contribution in [2.45, 2.75) is 70.9 Å². The molecule has 4 atom stereocenters. The fraction of sp³-hybridized carbons (Fsp3) is 0.368. The third kappa shape index (κ3) is 15.0. The van der Waals surface area contributed by atoms with E-state index in [4.69, 9.17) is 39.4 Å². The molecule has 2 aliphatic rings. The number of aryl methyl sites for hydroxylation is 1. The first kappa shape index (κ1) is 63.1. The second-order valence-electron chi connectivity index (χ2n) is 20.7. The van der Waals surface area contributed by atoms with Crippen LogP contribution in [0.25, 0.3) is 43.4 Å². The zero-order valence-electron chi connectivity index (χ0n) is 48.4. The smallest absolute Gasteiger partial charge is 0.412 e. The number of likely N-dealkylation sites (N-methyl/N-ethyl adjacent to an activating group) is 1. The molecule has 31 heteroatoms. The van der Waals surface area contributed by atoms with Crippen LogP contribution in [0.1, 0.15) is 119 Å². The van der Waals surface area contributed by atoms with E-state index in [0.717, 1.165) is 24.4 Å². The fourth-order valence-corrected chi connectivity index (χ4v) is 14.9. The van der Waals surface area contributed by atoms with E-state index in [1.54, 1.807) is 70.9 Å². The van der Waals surface area contributed by atoms with Gasteiger partial charge >= 0.3 is 6.09 Å². The number of ether oxygens (including phenoxy) is 2. The molecule has 0 spiro atoms. The number of anilines is 1. The summed E-state index contributed by atoms with van der Waals surface area (Å²) >= 11 is 7.15. The van der Waals surface area contributed by atoms with Crippen LogP contribution >= 0.6 is 68.0 Å². The molecule has 2 aliphatic heterocycles. The number of fused-ring (bicyclic) bond motifs is 14.